The number of hydrogen-bond donors (Lipinski definition) is 0. The minimum absolute atomic E-state index is 0.143. The molecule has 2 aromatic rings. The zero-order valence-electron chi connectivity index (χ0n) is 18.1. The number of benzene rings is 1. The summed E-state index contributed by atoms with van der Waals surface area (Å²) in [5.74, 6) is 1.08. The quantitative estimate of drug-likeness (QED) is 0.608. The van der Waals surface area contributed by atoms with Crippen LogP contribution in [0.4, 0.5) is 0 Å². The second-order valence-electron chi connectivity index (χ2n) is 8.76. The predicted octanol–water partition coefficient (Wildman–Crippen LogP) is 3.12. The number of hydrogen-bond acceptors (Lipinski definition) is 7. The Bertz CT molecular complexity index is 1080. The van der Waals surface area contributed by atoms with E-state index in [-0.39, 0.29) is 16.6 Å². The van der Waals surface area contributed by atoms with E-state index in [1.165, 1.54) is 41.8 Å². The van der Waals surface area contributed by atoms with Gasteiger partial charge in [-0.1, -0.05) is 24.6 Å². The molecule has 3 fully saturated rings. The Morgan fingerprint density at radius 2 is 1.88 bits per heavy atom. The van der Waals surface area contributed by atoms with Crippen molar-refractivity contribution in [3.8, 4) is 0 Å². The molecule has 32 heavy (non-hydrogen) atoms. The summed E-state index contributed by atoms with van der Waals surface area (Å²) in [6.07, 6.45) is 7.17. The maximum Gasteiger partial charge on any atom is 0.257 e. The van der Waals surface area contributed by atoms with Crippen molar-refractivity contribution in [2.45, 2.75) is 54.7 Å². The Balaban J connectivity index is 1.26. The summed E-state index contributed by atoms with van der Waals surface area (Å²) >= 11 is 1.28. The number of thioether (sulfide) groups is 1. The van der Waals surface area contributed by atoms with E-state index >= 15 is 0 Å². The first kappa shape index (κ1) is 22.2. The van der Waals surface area contributed by atoms with E-state index in [0.717, 1.165) is 19.4 Å². The van der Waals surface area contributed by atoms with E-state index in [9.17, 15) is 13.2 Å². The van der Waals surface area contributed by atoms with Gasteiger partial charge in [-0.05, 0) is 49.8 Å². The minimum atomic E-state index is -3.59. The van der Waals surface area contributed by atoms with Gasteiger partial charge < -0.3 is 14.1 Å². The van der Waals surface area contributed by atoms with E-state index in [4.69, 9.17) is 9.15 Å². The van der Waals surface area contributed by atoms with Crippen molar-refractivity contribution in [1.29, 1.82) is 0 Å². The highest BCUT2D eigenvalue weighted by Crippen LogP contribution is 2.36. The topological polar surface area (TPSA) is 92.9 Å². The second-order valence-corrected chi connectivity index (χ2v) is 11.6. The number of likely N-dealkylation sites (tertiary alicyclic amines) is 1. The lowest BCUT2D eigenvalue weighted by atomic mass is 9.78. The van der Waals surface area contributed by atoms with Crippen LogP contribution in [0.15, 0.2) is 32.7 Å². The molecule has 2 saturated heterocycles. The van der Waals surface area contributed by atoms with E-state index in [2.05, 4.69) is 9.88 Å². The van der Waals surface area contributed by atoms with Gasteiger partial charge in [-0.15, -0.1) is 0 Å². The summed E-state index contributed by atoms with van der Waals surface area (Å²) in [7, 11) is -3.59. The van der Waals surface area contributed by atoms with Crippen molar-refractivity contribution in [1.82, 2.24) is 14.2 Å². The standard InChI is InChI=1S/C22H29N3O5S2/c26-21(25-9-3-5-16-4-1-2-6-19(16)25)15-31-22-23-18-14-17(7-8-20(18)30-22)32(27,28)24-10-12-29-13-11-24/h7-8,14,16,19H,1-6,9-13,15H2/t16-,19+/m1/s1. The number of carbonyl (C=O) groups excluding carboxylic acids is 1. The molecule has 0 radical (unpaired) electrons. The fraction of sp³-hybridized carbons (Fsp3) is 0.636. The molecule has 3 aliphatic rings. The highest BCUT2D eigenvalue weighted by molar-refractivity contribution is 7.99. The minimum Gasteiger partial charge on any atom is -0.431 e. The van der Waals surface area contributed by atoms with Gasteiger partial charge in [0, 0.05) is 25.7 Å². The summed E-state index contributed by atoms with van der Waals surface area (Å²) < 4.78 is 38.3. The molecule has 1 saturated carbocycles. The number of carbonyl (C=O) groups is 1. The van der Waals surface area contributed by atoms with Crippen molar-refractivity contribution in [3.63, 3.8) is 0 Å². The Kier molecular flexibility index (Phi) is 6.46. The Hall–Kier alpha value is -1.62. The van der Waals surface area contributed by atoms with Crippen molar-refractivity contribution < 1.29 is 22.4 Å². The smallest absolute Gasteiger partial charge is 0.257 e. The zero-order valence-corrected chi connectivity index (χ0v) is 19.7. The lowest BCUT2D eigenvalue weighted by Gasteiger charge is -2.44. The number of rotatable bonds is 5. The van der Waals surface area contributed by atoms with Crippen LogP contribution < -0.4 is 0 Å². The third kappa shape index (κ3) is 4.42. The Morgan fingerprint density at radius 1 is 1.09 bits per heavy atom. The summed E-state index contributed by atoms with van der Waals surface area (Å²) in [4.78, 5) is 19.7. The van der Waals surface area contributed by atoms with Gasteiger partial charge in [0.2, 0.25) is 15.9 Å². The molecule has 1 aromatic heterocycles. The van der Waals surface area contributed by atoms with Crippen LogP contribution in [-0.2, 0) is 19.6 Å². The first-order valence-corrected chi connectivity index (χ1v) is 13.9. The molecule has 1 aliphatic carbocycles. The molecule has 5 rings (SSSR count). The molecule has 0 spiro atoms. The molecule has 0 bridgehead atoms. The van der Waals surface area contributed by atoms with E-state index < -0.39 is 10.0 Å². The van der Waals surface area contributed by atoms with Gasteiger partial charge in [0.15, 0.2) is 5.58 Å². The van der Waals surface area contributed by atoms with Crippen molar-refractivity contribution in [2.75, 3.05) is 38.6 Å². The molecule has 1 aromatic carbocycles. The molecule has 0 N–H and O–H groups in total. The number of sulfonamides is 1. The second kappa shape index (κ2) is 9.32. The largest absolute Gasteiger partial charge is 0.431 e. The zero-order chi connectivity index (χ0) is 22.1. The Morgan fingerprint density at radius 3 is 2.72 bits per heavy atom. The van der Waals surface area contributed by atoms with Gasteiger partial charge >= 0.3 is 0 Å². The van der Waals surface area contributed by atoms with Crippen molar-refractivity contribution in [2.24, 2.45) is 5.92 Å². The summed E-state index contributed by atoms with van der Waals surface area (Å²) in [6, 6.07) is 5.13. The first-order valence-electron chi connectivity index (χ1n) is 11.4. The molecule has 2 aliphatic heterocycles. The number of piperidine rings is 1. The van der Waals surface area contributed by atoms with Crippen LogP contribution in [0.5, 0.6) is 0 Å². The van der Waals surface area contributed by atoms with E-state index in [0.29, 0.717) is 54.6 Å². The van der Waals surface area contributed by atoms with Crippen molar-refractivity contribution >= 4 is 38.8 Å². The number of oxazole rings is 1. The molecular formula is C22H29N3O5S2. The van der Waals surface area contributed by atoms with E-state index in [1.54, 1.807) is 18.2 Å². The third-order valence-corrected chi connectivity index (χ3v) is 9.54. The number of amides is 1. The SMILES string of the molecule is O=C(CSc1nc2cc(S(=O)(=O)N3CCOCC3)ccc2o1)N1CCC[C@H]2CCCC[C@@H]21. The maximum atomic E-state index is 12.9. The van der Waals surface area contributed by atoms with Crippen LogP contribution in [0.1, 0.15) is 38.5 Å². The van der Waals surface area contributed by atoms with Crippen LogP contribution in [0.25, 0.3) is 11.1 Å². The normalized spacial score (nSPS) is 25.1. The first-order chi connectivity index (χ1) is 15.5. The van der Waals surface area contributed by atoms with Gasteiger partial charge in [0.25, 0.3) is 5.22 Å². The van der Waals surface area contributed by atoms with Gasteiger partial charge in [0.05, 0.1) is 23.9 Å². The average Bonchev–Trinajstić information content (AvgIpc) is 3.25. The molecule has 8 nitrogen and oxygen atoms in total. The summed E-state index contributed by atoms with van der Waals surface area (Å²) in [5.41, 5.74) is 1.01. The number of fused-ring (bicyclic) bond motifs is 2. The van der Waals surface area contributed by atoms with Crippen LogP contribution in [-0.4, -0.2) is 73.2 Å². The van der Waals surface area contributed by atoms with Crippen LogP contribution in [0, 0.1) is 5.92 Å². The van der Waals surface area contributed by atoms with Gasteiger partial charge in [-0.25, -0.2) is 13.4 Å². The molecule has 1 amide bonds. The fourth-order valence-corrected chi connectivity index (χ4v) is 7.34. The number of nitrogens with zero attached hydrogens (tertiary/aromatic N) is 3. The molecule has 174 valence electrons. The third-order valence-electron chi connectivity index (χ3n) is 6.83. The maximum absolute atomic E-state index is 12.9. The van der Waals surface area contributed by atoms with Crippen LogP contribution in [0.2, 0.25) is 0 Å². The average molecular weight is 480 g/mol. The molecular weight excluding hydrogens is 450 g/mol. The van der Waals surface area contributed by atoms with Crippen molar-refractivity contribution in [3.05, 3.63) is 18.2 Å². The molecule has 3 heterocycles. The van der Waals surface area contributed by atoms with E-state index in [1.807, 2.05) is 0 Å². The predicted molar refractivity (Wildman–Crippen MR) is 121 cm³/mol. The van der Waals surface area contributed by atoms with Gasteiger partial charge in [-0.3, -0.25) is 4.79 Å². The molecule has 2 atom stereocenters. The Labute approximate surface area is 192 Å². The van der Waals surface area contributed by atoms with Gasteiger partial charge in [0.1, 0.15) is 5.52 Å². The van der Waals surface area contributed by atoms with Gasteiger partial charge in [-0.2, -0.15) is 4.31 Å². The lowest BCUT2D eigenvalue weighted by Crippen LogP contribution is -2.50. The van der Waals surface area contributed by atoms with Crippen LogP contribution in [0.3, 0.4) is 0 Å². The number of morpholine rings is 1. The highest BCUT2D eigenvalue weighted by Gasteiger charge is 2.35. The molecule has 10 heteroatoms. The van der Waals surface area contributed by atoms with Crippen LogP contribution >= 0.6 is 11.8 Å². The number of ether oxygens (including phenoxy) is 1. The summed E-state index contributed by atoms with van der Waals surface area (Å²) in [6.45, 7) is 2.34. The monoisotopic (exact) mass is 479 g/mol. The summed E-state index contributed by atoms with van der Waals surface area (Å²) in [5, 5.41) is 0.395. The fourth-order valence-electron chi connectivity index (χ4n) is 5.19. The molecule has 0 unspecified atom stereocenters. The lowest BCUT2D eigenvalue weighted by molar-refractivity contribution is -0.134. The highest BCUT2D eigenvalue weighted by atomic mass is 32.2. The number of aromatic nitrogens is 1.